The minimum Gasteiger partial charge on any atom is -0.486 e. The Kier molecular flexibility index (Phi) is 3.86. The van der Waals surface area contributed by atoms with Crippen molar-refractivity contribution in [3.63, 3.8) is 0 Å². The van der Waals surface area contributed by atoms with E-state index in [1.807, 2.05) is 24.3 Å². The minimum absolute atomic E-state index is 0.507. The summed E-state index contributed by atoms with van der Waals surface area (Å²) in [5.41, 5.74) is 1.98. The molecule has 0 aromatic heterocycles. The van der Waals surface area contributed by atoms with Crippen molar-refractivity contribution in [2.75, 3.05) is 14.2 Å². The molecule has 2 nitrogen and oxygen atoms in total. The van der Waals surface area contributed by atoms with Crippen molar-refractivity contribution in [3.05, 3.63) is 35.4 Å². The standard InChI is InChI=1S/C10H12O2S/c1-11-7-8-5-3-4-6-9(8)10(13)12-2/h3-6H,7H2,1-2H3. The molecule has 0 amide bonds. The van der Waals surface area contributed by atoms with Crippen LogP contribution in [0.5, 0.6) is 0 Å². The van der Waals surface area contributed by atoms with Gasteiger partial charge in [0.05, 0.1) is 13.7 Å². The fraction of sp³-hybridized carbons (Fsp3) is 0.300. The fourth-order valence-corrected chi connectivity index (χ4v) is 1.31. The first-order valence-electron chi connectivity index (χ1n) is 3.94. The van der Waals surface area contributed by atoms with E-state index in [0.717, 1.165) is 11.1 Å². The number of hydrogen-bond acceptors (Lipinski definition) is 3. The molecule has 0 saturated heterocycles. The molecule has 70 valence electrons. The molecule has 0 unspecified atom stereocenters. The molecule has 0 bridgehead atoms. The lowest BCUT2D eigenvalue weighted by molar-refractivity contribution is 0.184. The number of hydrogen-bond donors (Lipinski definition) is 0. The first-order valence-corrected chi connectivity index (χ1v) is 4.35. The van der Waals surface area contributed by atoms with E-state index in [4.69, 9.17) is 21.7 Å². The second kappa shape index (κ2) is 4.94. The van der Waals surface area contributed by atoms with Crippen LogP contribution in [0, 0.1) is 0 Å². The maximum Gasteiger partial charge on any atom is 0.191 e. The lowest BCUT2D eigenvalue weighted by atomic mass is 10.1. The van der Waals surface area contributed by atoms with Crippen molar-refractivity contribution in [2.45, 2.75) is 6.61 Å². The second-order valence-electron chi connectivity index (χ2n) is 2.58. The topological polar surface area (TPSA) is 18.5 Å². The molecule has 0 aliphatic rings. The highest BCUT2D eigenvalue weighted by atomic mass is 32.1. The maximum absolute atomic E-state index is 5.05. The number of ether oxygens (including phenoxy) is 2. The van der Waals surface area contributed by atoms with Gasteiger partial charge < -0.3 is 9.47 Å². The third kappa shape index (κ3) is 2.50. The third-order valence-corrected chi connectivity index (χ3v) is 2.11. The van der Waals surface area contributed by atoms with E-state index in [1.165, 1.54) is 0 Å². The highest BCUT2D eigenvalue weighted by molar-refractivity contribution is 7.80. The van der Waals surface area contributed by atoms with Gasteiger partial charge in [-0.05, 0) is 23.8 Å². The van der Waals surface area contributed by atoms with E-state index in [1.54, 1.807) is 14.2 Å². The third-order valence-electron chi connectivity index (χ3n) is 1.72. The summed E-state index contributed by atoms with van der Waals surface area (Å²) in [5, 5.41) is 0.507. The van der Waals surface area contributed by atoms with E-state index in [9.17, 15) is 0 Å². The van der Waals surface area contributed by atoms with Crippen molar-refractivity contribution < 1.29 is 9.47 Å². The Bertz CT molecular complexity index is 297. The number of benzene rings is 1. The molecular weight excluding hydrogens is 184 g/mol. The fourth-order valence-electron chi connectivity index (χ4n) is 1.11. The van der Waals surface area contributed by atoms with Crippen LogP contribution in [0.2, 0.25) is 0 Å². The summed E-state index contributed by atoms with van der Waals surface area (Å²) in [5.74, 6) is 0. The average molecular weight is 196 g/mol. The largest absolute Gasteiger partial charge is 0.486 e. The number of methoxy groups -OCH3 is 2. The molecule has 0 fully saturated rings. The zero-order valence-electron chi connectivity index (χ0n) is 7.74. The Morgan fingerprint density at radius 1 is 1.31 bits per heavy atom. The van der Waals surface area contributed by atoms with Crippen LogP contribution in [0.15, 0.2) is 24.3 Å². The van der Waals surface area contributed by atoms with Crippen molar-refractivity contribution in [1.29, 1.82) is 0 Å². The first-order chi connectivity index (χ1) is 6.29. The summed E-state index contributed by atoms with van der Waals surface area (Å²) in [6.07, 6.45) is 0. The van der Waals surface area contributed by atoms with Crippen molar-refractivity contribution in [2.24, 2.45) is 0 Å². The van der Waals surface area contributed by atoms with E-state index in [2.05, 4.69) is 0 Å². The highest BCUT2D eigenvalue weighted by Crippen LogP contribution is 2.11. The van der Waals surface area contributed by atoms with Crippen LogP contribution < -0.4 is 0 Å². The van der Waals surface area contributed by atoms with Gasteiger partial charge in [-0.2, -0.15) is 0 Å². The highest BCUT2D eigenvalue weighted by Gasteiger charge is 2.05. The van der Waals surface area contributed by atoms with Gasteiger partial charge in [0.15, 0.2) is 5.05 Å². The number of rotatable bonds is 3. The first kappa shape index (κ1) is 10.2. The van der Waals surface area contributed by atoms with Crippen molar-refractivity contribution >= 4 is 17.3 Å². The Balaban J connectivity index is 2.97. The molecule has 0 aliphatic heterocycles. The van der Waals surface area contributed by atoms with Crippen molar-refractivity contribution in [3.8, 4) is 0 Å². The molecule has 0 radical (unpaired) electrons. The van der Waals surface area contributed by atoms with Crippen molar-refractivity contribution in [1.82, 2.24) is 0 Å². The quantitative estimate of drug-likeness (QED) is 0.690. The second-order valence-corrected chi connectivity index (χ2v) is 2.95. The molecule has 1 aromatic carbocycles. The summed E-state index contributed by atoms with van der Waals surface area (Å²) < 4.78 is 10.0. The zero-order chi connectivity index (χ0) is 9.68. The molecule has 0 saturated carbocycles. The van der Waals surface area contributed by atoms with E-state index >= 15 is 0 Å². The molecule has 0 atom stereocenters. The predicted octanol–water partition coefficient (Wildman–Crippen LogP) is 2.15. The molecule has 0 spiro atoms. The van der Waals surface area contributed by atoms with E-state index in [-0.39, 0.29) is 0 Å². The summed E-state index contributed by atoms with van der Waals surface area (Å²) in [7, 11) is 3.23. The smallest absolute Gasteiger partial charge is 0.191 e. The summed E-state index contributed by atoms with van der Waals surface area (Å²) in [6.45, 7) is 0.555. The molecule has 0 aliphatic carbocycles. The Morgan fingerprint density at radius 2 is 2.00 bits per heavy atom. The van der Waals surface area contributed by atoms with Crippen LogP contribution in [-0.4, -0.2) is 19.3 Å². The minimum atomic E-state index is 0.507. The van der Waals surface area contributed by atoms with Gasteiger partial charge in [-0.3, -0.25) is 0 Å². The molecule has 0 heterocycles. The summed E-state index contributed by atoms with van der Waals surface area (Å²) >= 11 is 5.05. The van der Waals surface area contributed by atoms with Gasteiger partial charge in [-0.1, -0.05) is 18.2 Å². The molecule has 3 heteroatoms. The zero-order valence-corrected chi connectivity index (χ0v) is 8.56. The summed E-state index contributed by atoms with van der Waals surface area (Å²) in [4.78, 5) is 0. The molecule has 13 heavy (non-hydrogen) atoms. The van der Waals surface area contributed by atoms with Gasteiger partial charge in [-0.25, -0.2) is 0 Å². The molecule has 1 rings (SSSR count). The monoisotopic (exact) mass is 196 g/mol. The maximum atomic E-state index is 5.05. The van der Waals surface area contributed by atoms with E-state index in [0.29, 0.717) is 11.7 Å². The van der Waals surface area contributed by atoms with Gasteiger partial charge in [0, 0.05) is 12.7 Å². The van der Waals surface area contributed by atoms with Gasteiger partial charge >= 0.3 is 0 Å². The molecular formula is C10H12O2S. The lowest BCUT2D eigenvalue weighted by Gasteiger charge is -2.08. The Morgan fingerprint density at radius 3 is 2.62 bits per heavy atom. The van der Waals surface area contributed by atoms with Crippen LogP contribution in [0.3, 0.4) is 0 Å². The van der Waals surface area contributed by atoms with Gasteiger partial charge in [0.2, 0.25) is 0 Å². The van der Waals surface area contributed by atoms with Crippen LogP contribution in [-0.2, 0) is 16.1 Å². The predicted molar refractivity (Wildman–Crippen MR) is 55.9 cm³/mol. The molecule has 0 N–H and O–H groups in total. The van der Waals surface area contributed by atoms with Gasteiger partial charge in [-0.15, -0.1) is 0 Å². The van der Waals surface area contributed by atoms with Crippen LogP contribution in [0.1, 0.15) is 11.1 Å². The average Bonchev–Trinajstić information content (AvgIpc) is 2.18. The Hall–Kier alpha value is -0.930. The lowest BCUT2D eigenvalue weighted by Crippen LogP contribution is -2.04. The van der Waals surface area contributed by atoms with Crippen LogP contribution in [0.4, 0.5) is 0 Å². The molecule has 1 aromatic rings. The van der Waals surface area contributed by atoms with Gasteiger partial charge in [0.25, 0.3) is 0 Å². The van der Waals surface area contributed by atoms with Crippen LogP contribution >= 0.6 is 12.2 Å². The van der Waals surface area contributed by atoms with Crippen LogP contribution in [0.25, 0.3) is 0 Å². The SMILES string of the molecule is COCc1ccccc1C(=S)OC. The van der Waals surface area contributed by atoms with E-state index < -0.39 is 0 Å². The summed E-state index contributed by atoms with van der Waals surface area (Å²) in [6, 6.07) is 7.79. The number of thiocarbonyl (C=S) groups is 1. The Labute approximate surface area is 83.5 Å². The normalized spacial score (nSPS) is 9.69. The van der Waals surface area contributed by atoms with Gasteiger partial charge in [0.1, 0.15) is 0 Å².